The van der Waals surface area contributed by atoms with Gasteiger partial charge in [-0.1, -0.05) is 41.7 Å². The van der Waals surface area contributed by atoms with Crippen LogP contribution in [-0.4, -0.2) is 31.7 Å². The molecular formula is C28H26N4O4S. The Bertz CT molecular complexity index is 1680. The highest BCUT2D eigenvalue weighted by molar-refractivity contribution is 7.07. The first kappa shape index (κ1) is 24.3. The lowest BCUT2D eigenvalue weighted by atomic mass is 9.95. The molecule has 5 rings (SSSR count). The molecule has 1 aliphatic rings. The smallest absolute Gasteiger partial charge is 0.271 e. The van der Waals surface area contributed by atoms with E-state index < -0.39 is 6.04 Å². The van der Waals surface area contributed by atoms with Gasteiger partial charge in [-0.25, -0.2) is 4.99 Å². The average molecular weight is 515 g/mol. The minimum absolute atomic E-state index is 0.253. The van der Waals surface area contributed by atoms with Crippen LogP contribution in [-0.2, 0) is 4.79 Å². The lowest BCUT2D eigenvalue weighted by molar-refractivity contribution is -0.113. The van der Waals surface area contributed by atoms with Crippen LogP contribution in [0.4, 0.5) is 11.6 Å². The topological polar surface area (TPSA) is 89.1 Å². The number of aromatic nitrogens is 1. The molecule has 0 spiro atoms. The monoisotopic (exact) mass is 514 g/mol. The lowest BCUT2D eigenvalue weighted by Gasteiger charge is -2.25. The Balaban J connectivity index is 1.67. The molecule has 188 valence electrons. The number of hydrogen-bond acceptors (Lipinski definition) is 7. The predicted molar refractivity (Wildman–Crippen MR) is 145 cm³/mol. The molecule has 1 N–H and O–H groups in total. The minimum Gasteiger partial charge on any atom is -0.497 e. The number of amides is 1. The van der Waals surface area contributed by atoms with E-state index in [2.05, 4.69) is 10.3 Å². The van der Waals surface area contributed by atoms with E-state index in [-0.39, 0.29) is 11.5 Å². The fraction of sp³-hybridized carbons (Fsp3) is 0.179. The van der Waals surface area contributed by atoms with Crippen LogP contribution in [0.2, 0.25) is 0 Å². The average Bonchev–Trinajstić information content (AvgIpc) is 3.48. The van der Waals surface area contributed by atoms with Gasteiger partial charge in [-0.3, -0.25) is 14.2 Å². The third kappa shape index (κ3) is 4.73. The molecule has 0 saturated carbocycles. The number of methoxy groups -OCH3 is 1. The van der Waals surface area contributed by atoms with Crippen molar-refractivity contribution in [3.05, 3.63) is 109 Å². The van der Waals surface area contributed by atoms with E-state index in [9.17, 15) is 9.59 Å². The number of ether oxygens (including phenoxy) is 1. The van der Waals surface area contributed by atoms with Crippen molar-refractivity contribution in [2.45, 2.75) is 13.0 Å². The second kappa shape index (κ2) is 9.94. The van der Waals surface area contributed by atoms with Gasteiger partial charge in [0.25, 0.3) is 11.5 Å². The Kier molecular flexibility index (Phi) is 6.54. The highest BCUT2D eigenvalue weighted by atomic mass is 32.1. The second-order valence-electron chi connectivity index (χ2n) is 8.75. The number of para-hydroxylation sites is 1. The maximum Gasteiger partial charge on any atom is 0.271 e. The van der Waals surface area contributed by atoms with Crippen LogP contribution in [0, 0.1) is 0 Å². The van der Waals surface area contributed by atoms with Gasteiger partial charge in [0.1, 0.15) is 11.5 Å². The van der Waals surface area contributed by atoms with Crippen molar-refractivity contribution in [2.24, 2.45) is 4.99 Å². The molecule has 1 aliphatic heterocycles. The second-order valence-corrected chi connectivity index (χ2v) is 9.76. The molecule has 9 heteroatoms. The van der Waals surface area contributed by atoms with Gasteiger partial charge >= 0.3 is 0 Å². The number of thiazole rings is 1. The first-order valence-corrected chi connectivity index (χ1v) is 12.5. The largest absolute Gasteiger partial charge is 0.497 e. The summed E-state index contributed by atoms with van der Waals surface area (Å²) in [6, 6.07) is 19.6. The zero-order chi connectivity index (χ0) is 26.1. The fourth-order valence-electron chi connectivity index (χ4n) is 4.25. The summed E-state index contributed by atoms with van der Waals surface area (Å²) in [5.74, 6) is 1.55. The summed E-state index contributed by atoms with van der Waals surface area (Å²) in [7, 11) is 5.35. The van der Waals surface area contributed by atoms with Gasteiger partial charge in [0.2, 0.25) is 0 Å². The molecule has 2 aromatic heterocycles. The zero-order valence-corrected chi connectivity index (χ0v) is 21.7. The van der Waals surface area contributed by atoms with Crippen molar-refractivity contribution in [1.29, 1.82) is 0 Å². The summed E-state index contributed by atoms with van der Waals surface area (Å²) in [6.07, 6.45) is 1.71. The molecule has 1 atom stereocenters. The van der Waals surface area contributed by atoms with Gasteiger partial charge in [-0.05, 0) is 42.8 Å². The number of fused-ring (bicyclic) bond motifs is 1. The number of nitrogens with zero attached hydrogens (tertiary/aromatic N) is 3. The van der Waals surface area contributed by atoms with Crippen LogP contribution >= 0.6 is 11.3 Å². The first-order chi connectivity index (χ1) is 17.9. The van der Waals surface area contributed by atoms with Crippen LogP contribution in [0.25, 0.3) is 6.08 Å². The summed E-state index contributed by atoms with van der Waals surface area (Å²) in [5.41, 5.74) is 2.08. The maximum atomic E-state index is 13.8. The molecule has 0 aliphatic carbocycles. The molecule has 3 heterocycles. The molecule has 37 heavy (non-hydrogen) atoms. The lowest BCUT2D eigenvalue weighted by Crippen LogP contribution is -2.40. The number of anilines is 2. The van der Waals surface area contributed by atoms with E-state index in [1.807, 2.05) is 85.7 Å². The molecular weight excluding hydrogens is 488 g/mol. The molecule has 0 unspecified atom stereocenters. The van der Waals surface area contributed by atoms with E-state index in [1.54, 1.807) is 24.7 Å². The number of hydrogen-bond donors (Lipinski definition) is 1. The van der Waals surface area contributed by atoms with Crippen molar-refractivity contribution in [2.75, 3.05) is 31.4 Å². The summed E-state index contributed by atoms with van der Waals surface area (Å²) in [5, 5.41) is 2.95. The molecule has 2 aromatic carbocycles. The molecule has 8 nitrogen and oxygen atoms in total. The van der Waals surface area contributed by atoms with Crippen molar-refractivity contribution >= 4 is 34.9 Å². The molecule has 0 radical (unpaired) electrons. The van der Waals surface area contributed by atoms with E-state index in [0.29, 0.717) is 43.7 Å². The molecule has 0 bridgehead atoms. The molecule has 1 amide bonds. The molecule has 0 saturated heterocycles. The summed E-state index contributed by atoms with van der Waals surface area (Å²) in [6.45, 7) is 1.79. The third-order valence-electron chi connectivity index (χ3n) is 6.03. The highest BCUT2D eigenvalue weighted by Gasteiger charge is 2.32. The normalized spacial score (nSPS) is 15.2. The fourth-order valence-corrected chi connectivity index (χ4v) is 5.27. The van der Waals surface area contributed by atoms with Gasteiger partial charge in [0.15, 0.2) is 10.7 Å². The number of carbonyl (C=O) groups is 1. The summed E-state index contributed by atoms with van der Waals surface area (Å²) >= 11 is 1.26. The van der Waals surface area contributed by atoms with Crippen molar-refractivity contribution in [3.8, 4) is 5.75 Å². The molecule has 0 fully saturated rings. The van der Waals surface area contributed by atoms with Crippen LogP contribution in [0.5, 0.6) is 5.75 Å². The third-order valence-corrected chi connectivity index (χ3v) is 7.02. The van der Waals surface area contributed by atoms with Crippen LogP contribution in [0.15, 0.2) is 92.2 Å². The Morgan fingerprint density at radius 3 is 2.62 bits per heavy atom. The number of furan rings is 1. The van der Waals surface area contributed by atoms with Gasteiger partial charge in [0.05, 0.1) is 29.0 Å². The summed E-state index contributed by atoms with van der Waals surface area (Å²) in [4.78, 5) is 34.4. The number of nitrogens with one attached hydrogen (secondary N) is 1. The van der Waals surface area contributed by atoms with Crippen LogP contribution < -0.4 is 29.8 Å². The SMILES string of the molecule is COc1cccc([C@H]2C(C(=O)Nc3ccccc3)=C(C)N=c3s/c(=C\c4ccc(N(C)C)o4)c(=O)n32)c1. The Morgan fingerprint density at radius 1 is 1.14 bits per heavy atom. The summed E-state index contributed by atoms with van der Waals surface area (Å²) < 4.78 is 13.3. The quantitative estimate of drug-likeness (QED) is 0.425. The van der Waals surface area contributed by atoms with E-state index in [1.165, 1.54) is 11.3 Å². The Hall–Kier alpha value is -4.37. The van der Waals surface area contributed by atoms with Crippen molar-refractivity contribution in [1.82, 2.24) is 4.57 Å². The zero-order valence-electron chi connectivity index (χ0n) is 20.9. The van der Waals surface area contributed by atoms with Crippen LogP contribution in [0.1, 0.15) is 24.3 Å². The minimum atomic E-state index is -0.689. The van der Waals surface area contributed by atoms with E-state index in [0.717, 1.165) is 5.56 Å². The number of benzene rings is 2. The predicted octanol–water partition coefficient (Wildman–Crippen LogP) is 3.54. The highest BCUT2D eigenvalue weighted by Crippen LogP contribution is 2.32. The Morgan fingerprint density at radius 2 is 1.92 bits per heavy atom. The van der Waals surface area contributed by atoms with Gasteiger partial charge in [-0.15, -0.1) is 0 Å². The van der Waals surface area contributed by atoms with E-state index in [4.69, 9.17) is 9.15 Å². The van der Waals surface area contributed by atoms with Crippen molar-refractivity contribution in [3.63, 3.8) is 0 Å². The Labute approximate surface area is 217 Å². The maximum absolute atomic E-state index is 13.8. The van der Waals surface area contributed by atoms with Gasteiger partial charge in [0, 0.05) is 31.9 Å². The number of rotatable bonds is 6. The number of allylic oxidation sites excluding steroid dienone is 1. The van der Waals surface area contributed by atoms with Gasteiger partial charge < -0.3 is 19.4 Å². The standard InChI is InChI=1S/C28H26N4O4S/c1-17-24(26(33)30-19-10-6-5-7-11-19)25(18-9-8-12-20(15-18)35-4)32-27(34)22(37-28(32)29-17)16-21-13-14-23(36-21)31(2)3/h5-16,25H,1-4H3,(H,30,33)/b22-16-/t25-/m0/s1. The van der Waals surface area contributed by atoms with E-state index >= 15 is 0 Å². The van der Waals surface area contributed by atoms with Crippen LogP contribution in [0.3, 0.4) is 0 Å². The molecule has 4 aromatic rings. The van der Waals surface area contributed by atoms with Crippen molar-refractivity contribution < 1.29 is 13.9 Å². The first-order valence-electron chi connectivity index (χ1n) is 11.7. The van der Waals surface area contributed by atoms with Gasteiger partial charge in [-0.2, -0.15) is 0 Å². The number of carbonyl (C=O) groups excluding carboxylic acids is 1.